The predicted octanol–water partition coefficient (Wildman–Crippen LogP) is 4.29. The van der Waals surface area contributed by atoms with E-state index in [9.17, 15) is 0 Å². The van der Waals surface area contributed by atoms with Gasteiger partial charge in [-0.1, -0.05) is 57.9 Å². The van der Waals surface area contributed by atoms with Gasteiger partial charge in [0.2, 0.25) is 5.72 Å². The van der Waals surface area contributed by atoms with E-state index in [4.69, 9.17) is 9.57 Å². The maximum atomic E-state index is 6.13. The lowest BCUT2D eigenvalue weighted by molar-refractivity contribution is -0.0888. The van der Waals surface area contributed by atoms with E-state index in [-0.39, 0.29) is 0 Å². The van der Waals surface area contributed by atoms with E-state index in [2.05, 4.69) is 40.5 Å². The third-order valence-electron chi connectivity index (χ3n) is 3.27. The Morgan fingerprint density at radius 3 is 2.43 bits per heavy atom. The number of ether oxygens (including phenoxy) is 1. The summed E-state index contributed by atoms with van der Waals surface area (Å²) in [5, 5.41) is 0.832. The van der Waals surface area contributed by atoms with Crippen LogP contribution in [0.5, 0.6) is 5.75 Å². The molecular formula is C17H20BrNO2. The Bertz CT molecular complexity index is 586. The number of aryl methyl sites for hydroxylation is 1. The third kappa shape index (κ3) is 4.06. The van der Waals surface area contributed by atoms with Gasteiger partial charge in [0.15, 0.2) is 0 Å². The van der Waals surface area contributed by atoms with Gasteiger partial charge in [0, 0.05) is 10.9 Å². The van der Waals surface area contributed by atoms with Crippen molar-refractivity contribution in [3.8, 4) is 5.75 Å². The lowest BCUT2D eigenvalue weighted by Crippen LogP contribution is -2.44. The van der Waals surface area contributed by atoms with Crippen molar-refractivity contribution in [2.75, 3.05) is 7.11 Å². The average Bonchev–Trinajstić information content (AvgIpc) is 2.48. The molecular weight excluding hydrogens is 330 g/mol. The lowest BCUT2D eigenvalue weighted by atomic mass is 10.0. The number of hydroxylamine groups is 1. The lowest BCUT2D eigenvalue weighted by Gasteiger charge is -2.31. The molecule has 0 aromatic heterocycles. The molecule has 2 rings (SSSR count). The molecule has 3 nitrogen and oxygen atoms in total. The Labute approximate surface area is 134 Å². The fraction of sp³-hybridized carbons (Fsp3) is 0.294. The molecule has 112 valence electrons. The monoisotopic (exact) mass is 349 g/mol. The first kappa shape index (κ1) is 16.0. The van der Waals surface area contributed by atoms with Crippen LogP contribution in [0.25, 0.3) is 0 Å². The van der Waals surface area contributed by atoms with Crippen molar-refractivity contribution in [1.29, 1.82) is 0 Å². The minimum absolute atomic E-state index is 0.753. The summed E-state index contributed by atoms with van der Waals surface area (Å²) in [7, 11) is 1.59. The van der Waals surface area contributed by atoms with Crippen molar-refractivity contribution in [2.45, 2.75) is 24.9 Å². The van der Waals surface area contributed by atoms with Gasteiger partial charge >= 0.3 is 0 Å². The number of hydrogen-bond acceptors (Lipinski definition) is 3. The van der Waals surface area contributed by atoms with E-state index >= 15 is 0 Å². The Kier molecular flexibility index (Phi) is 5.39. The van der Waals surface area contributed by atoms with Crippen LogP contribution in [0, 0.1) is 6.92 Å². The van der Waals surface area contributed by atoms with Crippen LogP contribution in [0.4, 0.5) is 0 Å². The maximum Gasteiger partial charge on any atom is 0.205 e. The van der Waals surface area contributed by atoms with Crippen LogP contribution in [0.15, 0.2) is 48.5 Å². The Hall–Kier alpha value is -1.36. The minimum atomic E-state index is -0.753. The number of nitrogens with one attached hydrogen (secondary N) is 1. The number of rotatable bonds is 6. The van der Waals surface area contributed by atoms with Gasteiger partial charge in [-0.15, -0.1) is 0 Å². The molecule has 1 atom stereocenters. The van der Waals surface area contributed by atoms with Gasteiger partial charge < -0.3 is 9.57 Å². The van der Waals surface area contributed by atoms with Crippen LogP contribution in [0.1, 0.15) is 23.6 Å². The van der Waals surface area contributed by atoms with Crippen molar-refractivity contribution in [1.82, 2.24) is 5.48 Å². The fourth-order valence-electron chi connectivity index (χ4n) is 2.16. The highest BCUT2D eigenvalue weighted by Gasteiger charge is 2.29. The molecule has 0 amide bonds. The summed E-state index contributed by atoms with van der Waals surface area (Å²) in [6.45, 7) is 4.01. The summed E-state index contributed by atoms with van der Waals surface area (Å²) in [5.41, 5.74) is 5.59. The zero-order chi connectivity index (χ0) is 15.3. The molecule has 4 heteroatoms. The van der Waals surface area contributed by atoms with Gasteiger partial charge in [0.25, 0.3) is 0 Å². The first-order valence-corrected chi connectivity index (χ1v) is 7.91. The van der Waals surface area contributed by atoms with Gasteiger partial charge in [0.05, 0.1) is 7.11 Å². The van der Waals surface area contributed by atoms with Gasteiger partial charge in [-0.2, -0.15) is 5.48 Å². The second-order valence-corrected chi connectivity index (χ2v) is 5.65. The summed E-state index contributed by atoms with van der Waals surface area (Å²) in [5.74, 6) is 0.785. The molecule has 0 spiro atoms. The molecule has 1 N–H and O–H groups in total. The first-order chi connectivity index (χ1) is 10.1. The highest BCUT2D eigenvalue weighted by molar-refractivity contribution is 9.08. The molecule has 0 fully saturated rings. The molecule has 0 aliphatic carbocycles. The highest BCUT2D eigenvalue weighted by Crippen LogP contribution is 2.27. The topological polar surface area (TPSA) is 30.5 Å². The van der Waals surface area contributed by atoms with Crippen molar-refractivity contribution >= 4 is 15.9 Å². The van der Waals surface area contributed by atoms with Crippen molar-refractivity contribution < 1.29 is 9.57 Å². The van der Waals surface area contributed by atoms with Crippen molar-refractivity contribution in [2.24, 2.45) is 0 Å². The summed E-state index contributed by atoms with van der Waals surface area (Å²) in [6.07, 6.45) is 0. The van der Waals surface area contributed by atoms with Gasteiger partial charge in [0.1, 0.15) is 5.75 Å². The predicted molar refractivity (Wildman–Crippen MR) is 88.4 cm³/mol. The highest BCUT2D eigenvalue weighted by atomic mass is 79.9. The molecule has 1 unspecified atom stereocenters. The molecule has 0 saturated carbocycles. The Morgan fingerprint density at radius 1 is 1.14 bits per heavy atom. The SMILES string of the molecule is CONC(C)(Oc1ccc(CBr)cc1)c1cccc(C)c1. The standard InChI is InChI=1S/C17H20BrNO2/c1-13-5-4-6-15(11-13)17(2,19-20-3)21-16-9-7-14(12-18)8-10-16/h4-11,19H,12H2,1-3H3. The van der Waals surface area contributed by atoms with Crippen LogP contribution in [-0.2, 0) is 15.9 Å². The second-order valence-electron chi connectivity index (χ2n) is 5.09. The number of benzene rings is 2. The fourth-order valence-corrected chi connectivity index (χ4v) is 2.53. The zero-order valence-electron chi connectivity index (χ0n) is 12.5. The molecule has 2 aromatic carbocycles. The van der Waals surface area contributed by atoms with Gasteiger partial charge in [-0.25, -0.2) is 0 Å². The average molecular weight is 350 g/mol. The number of alkyl halides is 1. The molecule has 0 aliphatic rings. The quantitative estimate of drug-likeness (QED) is 0.479. The van der Waals surface area contributed by atoms with Crippen LogP contribution >= 0.6 is 15.9 Å². The number of halogens is 1. The molecule has 0 radical (unpaired) electrons. The Morgan fingerprint density at radius 2 is 1.86 bits per heavy atom. The van der Waals surface area contributed by atoms with E-state index < -0.39 is 5.72 Å². The van der Waals surface area contributed by atoms with E-state index in [0.29, 0.717) is 0 Å². The summed E-state index contributed by atoms with van der Waals surface area (Å²) < 4.78 is 6.13. The van der Waals surface area contributed by atoms with E-state index in [1.54, 1.807) is 7.11 Å². The van der Waals surface area contributed by atoms with E-state index in [1.165, 1.54) is 11.1 Å². The minimum Gasteiger partial charge on any atom is -0.467 e. The molecule has 0 bridgehead atoms. The summed E-state index contributed by atoms with van der Waals surface area (Å²) in [6, 6.07) is 16.2. The molecule has 0 aliphatic heterocycles. The van der Waals surface area contributed by atoms with Crippen molar-refractivity contribution in [3.05, 3.63) is 65.2 Å². The second kappa shape index (κ2) is 7.07. The molecule has 21 heavy (non-hydrogen) atoms. The van der Waals surface area contributed by atoms with Gasteiger partial charge in [-0.3, -0.25) is 0 Å². The normalized spacial score (nSPS) is 13.7. The Balaban J connectivity index is 2.28. The summed E-state index contributed by atoms with van der Waals surface area (Å²) >= 11 is 3.44. The maximum absolute atomic E-state index is 6.13. The van der Waals surface area contributed by atoms with Gasteiger partial charge in [-0.05, 0) is 31.5 Å². The van der Waals surface area contributed by atoms with Crippen LogP contribution < -0.4 is 10.2 Å². The molecule has 0 heterocycles. The van der Waals surface area contributed by atoms with Crippen LogP contribution in [0.2, 0.25) is 0 Å². The first-order valence-electron chi connectivity index (χ1n) is 6.78. The largest absolute Gasteiger partial charge is 0.467 e. The van der Waals surface area contributed by atoms with E-state index in [1.807, 2.05) is 43.3 Å². The number of hydrogen-bond donors (Lipinski definition) is 1. The smallest absolute Gasteiger partial charge is 0.205 e. The van der Waals surface area contributed by atoms with Crippen molar-refractivity contribution in [3.63, 3.8) is 0 Å². The zero-order valence-corrected chi connectivity index (χ0v) is 14.1. The molecule has 0 saturated heterocycles. The third-order valence-corrected chi connectivity index (χ3v) is 3.91. The van der Waals surface area contributed by atoms with Crippen LogP contribution in [0.3, 0.4) is 0 Å². The molecule has 2 aromatic rings. The van der Waals surface area contributed by atoms with Crippen LogP contribution in [-0.4, -0.2) is 7.11 Å². The summed E-state index contributed by atoms with van der Waals surface area (Å²) in [4.78, 5) is 5.14. The van der Waals surface area contributed by atoms with E-state index in [0.717, 1.165) is 16.6 Å².